The topological polar surface area (TPSA) is 52.6 Å². The average Bonchev–Trinajstić information content (AvgIpc) is 2.63. The maximum Gasteiger partial charge on any atom is 0.309 e. The minimum Gasteiger partial charge on any atom is -0.461 e. The van der Waals surface area contributed by atoms with Crippen LogP contribution in [-0.2, 0) is 19.1 Å². The van der Waals surface area contributed by atoms with Gasteiger partial charge in [0, 0.05) is 5.92 Å². The van der Waals surface area contributed by atoms with Crippen molar-refractivity contribution in [1.82, 2.24) is 0 Å². The minimum atomic E-state index is -0.630. The predicted molar refractivity (Wildman–Crippen MR) is 115 cm³/mol. The molecule has 0 aromatic heterocycles. The fourth-order valence-corrected chi connectivity index (χ4v) is 3.26. The van der Waals surface area contributed by atoms with E-state index >= 15 is 0 Å². The molecule has 3 atom stereocenters. The van der Waals surface area contributed by atoms with Gasteiger partial charge in [-0.15, -0.1) is 0 Å². The smallest absolute Gasteiger partial charge is 0.309 e. The van der Waals surface area contributed by atoms with Gasteiger partial charge < -0.3 is 9.47 Å². The number of benzene rings is 2. The van der Waals surface area contributed by atoms with Crippen LogP contribution in [0.5, 0.6) is 0 Å². The highest BCUT2D eigenvalue weighted by Crippen LogP contribution is 2.31. The van der Waals surface area contributed by atoms with Gasteiger partial charge in [-0.1, -0.05) is 48.9 Å². The molecular weight excluding hydrogens is 383 g/mol. The second-order valence-corrected chi connectivity index (χ2v) is 8.77. The molecule has 0 aliphatic carbocycles. The van der Waals surface area contributed by atoms with Gasteiger partial charge in [0.2, 0.25) is 0 Å². The first-order valence-electron chi connectivity index (χ1n) is 10.2. The van der Waals surface area contributed by atoms with E-state index in [4.69, 9.17) is 9.47 Å². The third-order valence-corrected chi connectivity index (χ3v) is 4.73. The Morgan fingerprint density at radius 1 is 0.933 bits per heavy atom. The zero-order valence-electron chi connectivity index (χ0n) is 18.6. The van der Waals surface area contributed by atoms with Crippen molar-refractivity contribution in [1.29, 1.82) is 0 Å². The molecule has 0 radical (unpaired) electrons. The largest absolute Gasteiger partial charge is 0.461 e. The van der Waals surface area contributed by atoms with Crippen molar-refractivity contribution in [3.8, 4) is 0 Å². The van der Waals surface area contributed by atoms with E-state index in [-0.39, 0.29) is 18.2 Å². The van der Waals surface area contributed by atoms with Crippen LogP contribution in [0.15, 0.2) is 48.5 Å². The van der Waals surface area contributed by atoms with Gasteiger partial charge in [-0.05, 0) is 57.9 Å². The first-order chi connectivity index (χ1) is 14.0. The number of ether oxygens (including phenoxy) is 2. The summed E-state index contributed by atoms with van der Waals surface area (Å²) in [6.07, 6.45) is -0.555. The lowest BCUT2D eigenvalue weighted by Gasteiger charge is -2.27. The van der Waals surface area contributed by atoms with E-state index < -0.39 is 29.6 Å². The molecule has 0 bridgehead atoms. The summed E-state index contributed by atoms with van der Waals surface area (Å²) >= 11 is 0. The van der Waals surface area contributed by atoms with Crippen LogP contribution in [0.4, 0.5) is 4.39 Å². The number of esters is 2. The summed E-state index contributed by atoms with van der Waals surface area (Å²) in [5.74, 6) is -2.11. The van der Waals surface area contributed by atoms with E-state index in [1.807, 2.05) is 38.1 Å². The van der Waals surface area contributed by atoms with Crippen LogP contribution in [0.1, 0.15) is 63.6 Å². The molecular formula is C25H31FO4. The van der Waals surface area contributed by atoms with Crippen LogP contribution < -0.4 is 0 Å². The fourth-order valence-electron chi connectivity index (χ4n) is 3.26. The van der Waals surface area contributed by atoms with Crippen molar-refractivity contribution in [2.45, 2.75) is 65.6 Å². The molecule has 0 saturated carbocycles. The Labute approximate surface area is 178 Å². The molecule has 162 valence electrons. The molecule has 0 aliphatic heterocycles. The van der Waals surface area contributed by atoms with E-state index in [1.165, 1.54) is 12.1 Å². The number of hydrogen-bond acceptors (Lipinski definition) is 4. The van der Waals surface area contributed by atoms with E-state index in [2.05, 4.69) is 0 Å². The lowest BCUT2D eigenvalue weighted by atomic mass is 9.86. The van der Waals surface area contributed by atoms with Gasteiger partial charge in [-0.25, -0.2) is 4.39 Å². The Bertz CT molecular complexity index is 805. The van der Waals surface area contributed by atoms with E-state index in [1.54, 1.807) is 39.8 Å². The van der Waals surface area contributed by atoms with Crippen LogP contribution in [-0.4, -0.2) is 23.6 Å². The second kappa shape index (κ2) is 9.88. The Balaban J connectivity index is 2.16. The second-order valence-electron chi connectivity index (χ2n) is 8.77. The van der Waals surface area contributed by atoms with Gasteiger partial charge in [0.1, 0.15) is 17.5 Å². The highest BCUT2D eigenvalue weighted by Gasteiger charge is 2.28. The monoisotopic (exact) mass is 414 g/mol. The quantitative estimate of drug-likeness (QED) is 0.556. The Hall–Kier alpha value is -2.69. The normalized spacial score (nSPS) is 14.5. The van der Waals surface area contributed by atoms with Crippen LogP contribution in [0.25, 0.3) is 0 Å². The Morgan fingerprint density at radius 3 is 1.93 bits per heavy atom. The summed E-state index contributed by atoms with van der Waals surface area (Å²) in [4.78, 5) is 24.7. The van der Waals surface area contributed by atoms with Crippen molar-refractivity contribution < 1.29 is 23.5 Å². The number of carbonyl (C=O) groups excluding carboxylic acids is 2. The number of rotatable bonds is 7. The highest BCUT2D eigenvalue weighted by molar-refractivity contribution is 5.80. The number of aryl methyl sites for hydroxylation is 1. The average molecular weight is 415 g/mol. The summed E-state index contributed by atoms with van der Waals surface area (Å²) in [6, 6.07) is 14.2. The predicted octanol–water partition coefficient (Wildman–Crippen LogP) is 5.57. The molecule has 0 amide bonds. The van der Waals surface area contributed by atoms with E-state index in [0.717, 1.165) is 16.7 Å². The van der Waals surface area contributed by atoms with Gasteiger partial charge in [-0.3, -0.25) is 9.59 Å². The van der Waals surface area contributed by atoms with Gasteiger partial charge in [0.25, 0.3) is 0 Å². The lowest BCUT2D eigenvalue weighted by molar-refractivity contribution is -0.163. The summed E-state index contributed by atoms with van der Waals surface area (Å²) in [5.41, 5.74) is 2.33. The third-order valence-electron chi connectivity index (χ3n) is 4.73. The molecule has 2 aromatic carbocycles. The standard InChI is InChI=1S/C25H31FO4/c1-16-7-9-19(10-8-16)23(20-11-13-21(26)14-12-20)18(3)29-24(28)17(2)15-22(27)30-25(4,5)6/h7-14,17-18,23H,15H2,1-6H3/t17-,18+,23-/m1/s1. The van der Waals surface area contributed by atoms with Crippen molar-refractivity contribution in [2.24, 2.45) is 5.92 Å². The summed E-state index contributed by atoms with van der Waals surface area (Å²) in [7, 11) is 0. The Kier molecular flexibility index (Phi) is 7.77. The van der Waals surface area contributed by atoms with Crippen LogP contribution >= 0.6 is 0 Å². The number of halogens is 1. The molecule has 0 saturated heterocycles. The van der Waals surface area contributed by atoms with Crippen LogP contribution in [0.2, 0.25) is 0 Å². The van der Waals surface area contributed by atoms with E-state index in [0.29, 0.717) is 0 Å². The maximum atomic E-state index is 13.4. The summed E-state index contributed by atoms with van der Waals surface area (Å²) < 4.78 is 24.5. The van der Waals surface area contributed by atoms with Crippen molar-refractivity contribution in [2.75, 3.05) is 0 Å². The first-order valence-corrected chi connectivity index (χ1v) is 10.2. The van der Waals surface area contributed by atoms with Gasteiger partial charge >= 0.3 is 11.9 Å². The molecule has 2 rings (SSSR count). The lowest BCUT2D eigenvalue weighted by Crippen LogP contribution is -2.30. The molecule has 0 aliphatic rings. The highest BCUT2D eigenvalue weighted by atomic mass is 19.1. The van der Waals surface area contributed by atoms with Crippen LogP contribution in [0, 0.1) is 18.7 Å². The maximum absolute atomic E-state index is 13.4. The zero-order chi connectivity index (χ0) is 22.5. The first kappa shape index (κ1) is 23.6. The van der Waals surface area contributed by atoms with Gasteiger partial charge in [0.15, 0.2) is 0 Å². The number of hydrogen-bond donors (Lipinski definition) is 0. The van der Waals surface area contributed by atoms with Crippen molar-refractivity contribution >= 4 is 11.9 Å². The molecule has 2 aromatic rings. The molecule has 30 heavy (non-hydrogen) atoms. The molecule has 0 spiro atoms. The number of carbonyl (C=O) groups is 2. The third kappa shape index (κ3) is 6.97. The summed E-state index contributed by atoms with van der Waals surface area (Å²) in [6.45, 7) is 10.8. The summed E-state index contributed by atoms with van der Waals surface area (Å²) in [5, 5.41) is 0. The molecule has 0 N–H and O–H groups in total. The molecule has 4 nitrogen and oxygen atoms in total. The minimum absolute atomic E-state index is 0.0471. The molecule has 5 heteroatoms. The molecule has 0 heterocycles. The van der Waals surface area contributed by atoms with E-state index in [9.17, 15) is 14.0 Å². The van der Waals surface area contributed by atoms with Gasteiger partial charge in [0.05, 0.1) is 12.3 Å². The Morgan fingerprint density at radius 2 is 1.43 bits per heavy atom. The van der Waals surface area contributed by atoms with Crippen molar-refractivity contribution in [3.63, 3.8) is 0 Å². The SMILES string of the molecule is Cc1ccc([C@H](c2ccc(F)cc2)[C@H](C)OC(=O)[C@H](C)CC(=O)OC(C)(C)C)cc1. The van der Waals surface area contributed by atoms with Crippen molar-refractivity contribution in [3.05, 3.63) is 71.0 Å². The molecule has 0 unspecified atom stereocenters. The zero-order valence-corrected chi connectivity index (χ0v) is 18.6. The van der Waals surface area contributed by atoms with Crippen LogP contribution in [0.3, 0.4) is 0 Å². The fraction of sp³-hybridized carbons (Fsp3) is 0.440. The van der Waals surface area contributed by atoms with Gasteiger partial charge in [-0.2, -0.15) is 0 Å². The molecule has 0 fully saturated rings.